The molecular formula is C17H21BrFN3O2. The fourth-order valence-electron chi connectivity index (χ4n) is 2.66. The molecule has 5 nitrogen and oxygen atoms in total. The number of aromatic nitrogens is 2. The van der Waals surface area contributed by atoms with Gasteiger partial charge in [0.25, 0.3) is 0 Å². The SMILES string of the molecule is CC(C)c1noc(N2CCC(COc3ccc(Br)c(F)c3)CC2)n1. The molecule has 0 spiro atoms. The zero-order chi connectivity index (χ0) is 17.1. The molecule has 1 aliphatic rings. The van der Waals surface area contributed by atoms with Crippen molar-refractivity contribution in [2.75, 3.05) is 24.6 Å². The number of nitrogens with zero attached hydrogens (tertiary/aromatic N) is 3. The van der Waals surface area contributed by atoms with Crippen molar-refractivity contribution in [3.8, 4) is 5.75 Å². The summed E-state index contributed by atoms with van der Waals surface area (Å²) in [4.78, 5) is 6.56. The summed E-state index contributed by atoms with van der Waals surface area (Å²) in [5, 5.41) is 4.01. The molecule has 0 N–H and O–H groups in total. The van der Waals surface area contributed by atoms with Crippen LogP contribution in [0, 0.1) is 11.7 Å². The number of anilines is 1. The van der Waals surface area contributed by atoms with Crippen LogP contribution in [-0.2, 0) is 0 Å². The Labute approximate surface area is 149 Å². The molecule has 1 aromatic carbocycles. The molecule has 3 rings (SSSR count). The largest absolute Gasteiger partial charge is 0.493 e. The van der Waals surface area contributed by atoms with Crippen molar-refractivity contribution in [2.24, 2.45) is 5.92 Å². The molecule has 1 aliphatic heterocycles. The molecule has 0 amide bonds. The maximum absolute atomic E-state index is 13.5. The topological polar surface area (TPSA) is 51.4 Å². The van der Waals surface area contributed by atoms with Gasteiger partial charge in [0.15, 0.2) is 5.82 Å². The molecule has 2 aromatic rings. The van der Waals surface area contributed by atoms with Crippen molar-refractivity contribution < 1.29 is 13.7 Å². The molecule has 0 saturated carbocycles. The minimum atomic E-state index is -0.306. The second-order valence-corrected chi connectivity index (χ2v) is 7.26. The molecule has 1 saturated heterocycles. The van der Waals surface area contributed by atoms with Gasteiger partial charge in [-0.2, -0.15) is 4.98 Å². The van der Waals surface area contributed by atoms with E-state index < -0.39 is 0 Å². The first-order valence-electron chi connectivity index (χ1n) is 8.19. The van der Waals surface area contributed by atoms with Crippen LogP contribution < -0.4 is 9.64 Å². The summed E-state index contributed by atoms with van der Waals surface area (Å²) in [6.45, 7) is 6.41. The summed E-state index contributed by atoms with van der Waals surface area (Å²) in [6.07, 6.45) is 1.97. The summed E-state index contributed by atoms with van der Waals surface area (Å²) in [6, 6.07) is 5.45. The second-order valence-electron chi connectivity index (χ2n) is 6.41. The third-order valence-electron chi connectivity index (χ3n) is 4.21. The average Bonchev–Trinajstić information content (AvgIpc) is 3.07. The quantitative estimate of drug-likeness (QED) is 0.748. The minimum Gasteiger partial charge on any atom is -0.493 e. The summed E-state index contributed by atoms with van der Waals surface area (Å²) in [7, 11) is 0. The van der Waals surface area contributed by atoms with Crippen LogP contribution in [-0.4, -0.2) is 29.8 Å². The average molecular weight is 398 g/mol. The first-order valence-corrected chi connectivity index (χ1v) is 8.98. The predicted molar refractivity (Wildman–Crippen MR) is 92.9 cm³/mol. The number of piperidine rings is 1. The summed E-state index contributed by atoms with van der Waals surface area (Å²) < 4.78 is 25.0. The van der Waals surface area contributed by atoms with Crippen molar-refractivity contribution in [1.82, 2.24) is 10.1 Å². The molecule has 0 unspecified atom stereocenters. The van der Waals surface area contributed by atoms with Crippen LogP contribution >= 0.6 is 15.9 Å². The van der Waals surface area contributed by atoms with Gasteiger partial charge < -0.3 is 14.2 Å². The van der Waals surface area contributed by atoms with Crippen molar-refractivity contribution in [1.29, 1.82) is 0 Å². The number of hydrogen-bond acceptors (Lipinski definition) is 5. The number of ether oxygens (including phenoxy) is 1. The van der Waals surface area contributed by atoms with E-state index in [9.17, 15) is 4.39 Å². The minimum absolute atomic E-state index is 0.264. The van der Waals surface area contributed by atoms with Crippen LogP contribution in [0.1, 0.15) is 38.4 Å². The molecule has 1 fully saturated rings. The molecule has 0 atom stereocenters. The Morgan fingerprint density at radius 1 is 1.38 bits per heavy atom. The number of rotatable bonds is 5. The van der Waals surface area contributed by atoms with E-state index in [-0.39, 0.29) is 11.7 Å². The normalized spacial score (nSPS) is 16.0. The highest BCUT2D eigenvalue weighted by molar-refractivity contribution is 9.10. The number of hydrogen-bond donors (Lipinski definition) is 0. The molecule has 2 heterocycles. The smallest absolute Gasteiger partial charge is 0.324 e. The van der Waals surface area contributed by atoms with Crippen LogP contribution in [0.25, 0.3) is 0 Å². The van der Waals surface area contributed by atoms with Crippen molar-refractivity contribution in [3.05, 3.63) is 34.3 Å². The maximum Gasteiger partial charge on any atom is 0.324 e. The Balaban J connectivity index is 1.48. The zero-order valence-corrected chi connectivity index (χ0v) is 15.4. The van der Waals surface area contributed by atoms with Gasteiger partial charge in [-0.05, 0) is 46.8 Å². The third kappa shape index (κ3) is 4.06. The van der Waals surface area contributed by atoms with Gasteiger partial charge in [0.05, 0.1) is 11.1 Å². The predicted octanol–water partition coefficient (Wildman–Crippen LogP) is 4.39. The summed E-state index contributed by atoms with van der Waals surface area (Å²) in [5.41, 5.74) is 0. The molecule has 1 aromatic heterocycles. The zero-order valence-electron chi connectivity index (χ0n) is 13.8. The third-order valence-corrected chi connectivity index (χ3v) is 4.85. The summed E-state index contributed by atoms with van der Waals surface area (Å²) in [5.74, 6) is 1.71. The molecule has 0 aliphatic carbocycles. The van der Waals surface area contributed by atoms with Gasteiger partial charge in [0.1, 0.15) is 11.6 Å². The Hall–Kier alpha value is -1.63. The lowest BCUT2D eigenvalue weighted by Crippen LogP contribution is -2.35. The van der Waals surface area contributed by atoms with Crippen LogP contribution in [0.3, 0.4) is 0 Å². The van der Waals surface area contributed by atoms with E-state index >= 15 is 0 Å². The van der Waals surface area contributed by atoms with E-state index in [0.717, 1.165) is 31.8 Å². The van der Waals surface area contributed by atoms with E-state index in [0.29, 0.717) is 28.8 Å². The van der Waals surface area contributed by atoms with Crippen LogP contribution in [0.2, 0.25) is 0 Å². The van der Waals surface area contributed by atoms with Gasteiger partial charge in [-0.1, -0.05) is 19.0 Å². The van der Waals surface area contributed by atoms with Gasteiger partial charge in [-0.3, -0.25) is 0 Å². The Morgan fingerprint density at radius 3 is 2.75 bits per heavy atom. The van der Waals surface area contributed by atoms with Crippen molar-refractivity contribution >= 4 is 21.9 Å². The van der Waals surface area contributed by atoms with Gasteiger partial charge in [0, 0.05) is 25.1 Å². The lowest BCUT2D eigenvalue weighted by atomic mass is 9.98. The van der Waals surface area contributed by atoms with E-state index in [1.807, 2.05) is 13.8 Å². The Morgan fingerprint density at radius 2 is 2.12 bits per heavy atom. The fraction of sp³-hybridized carbons (Fsp3) is 0.529. The number of halogens is 2. The Bertz CT molecular complexity index is 684. The fourth-order valence-corrected chi connectivity index (χ4v) is 2.91. The first-order chi connectivity index (χ1) is 11.5. The molecule has 0 bridgehead atoms. The highest BCUT2D eigenvalue weighted by atomic mass is 79.9. The highest BCUT2D eigenvalue weighted by Gasteiger charge is 2.24. The van der Waals surface area contributed by atoms with Gasteiger partial charge in [-0.15, -0.1) is 0 Å². The lowest BCUT2D eigenvalue weighted by Gasteiger charge is -2.30. The van der Waals surface area contributed by atoms with E-state index in [4.69, 9.17) is 9.26 Å². The Kier molecular flexibility index (Phi) is 5.38. The van der Waals surface area contributed by atoms with Gasteiger partial charge in [-0.25, -0.2) is 4.39 Å². The molecular weight excluding hydrogens is 377 g/mol. The van der Waals surface area contributed by atoms with Gasteiger partial charge >= 0.3 is 6.01 Å². The highest BCUT2D eigenvalue weighted by Crippen LogP contribution is 2.25. The first kappa shape index (κ1) is 17.2. The standard InChI is InChI=1S/C17H21BrFN3O2/c1-11(2)16-20-17(24-21-16)22-7-5-12(6-8-22)10-23-13-3-4-14(18)15(19)9-13/h3-4,9,11-12H,5-8,10H2,1-2H3. The van der Waals surface area contributed by atoms with Crippen molar-refractivity contribution in [3.63, 3.8) is 0 Å². The lowest BCUT2D eigenvalue weighted by molar-refractivity contribution is 0.219. The summed E-state index contributed by atoms with van der Waals surface area (Å²) >= 11 is 3.14. The number of benzene rings is 1. The second kappa shape index (κ2) is 7.51. The van der Waals surface area contributed by atoms with Crippen molar-refractivity contribution in [2.45, 2.75) is 32.6 Å². The molecule has 130 valence electrons. The van der Waals surface area contributed by atoms with E-state index in [1.165, 1.54) is 6.07 Å². The van der Waals surface area contributed by atoms with Crippen LogP contribution in [0.5, 0.6) is 5.75 Å². The maximum atomic E-state index is 13.5. The molecule has 24 heavy (non-hydrogen) atoms. The molecule has 7 heteroatoms. The van der Waals surface area contributed by atoms with Crippen LogP contribution in [0.15, 0.2) is 27.2 Å². The van der Waals surface area contributed by atoms with Crippen LogP contribution in [0.4, 0.5) is 10.4 Å². The van der Waals surface area contributed by atoms with Gasteiger partial charge in [0.2, 0.25) is 0 Å². The monoisotopic (exact) mass is 397 g/mol. The molecule has 0 radical (unpaired) electrons. The van der Waals surface area contributed by atoms with E-state index in [2.05, 4.69) is 31.0 Å². The van der Waals surface area contributed by atoms with E-state index in [1.54, 1.807) is 12.1 Å².